The van der Waals surface area contributed by atoms with Crippen LogP contribution in [-0.2, 0) is 32.6 Å². The Kier molecular flexibility index (Phi) is 8.88. The van der Waals surface area contributed by atoms with Crippen LogP contribution in [0.1, 0.15) is 48.0 Å². The third kappa shape index (κ3) is 7.00. The van der Waals surface area contributed by atoms with E-state index in [1.165, 1.54) is 0 Å². The zero-order valence-corrected chi connectivity index (χ0v) is 18.4. The molecule has 0 aromatic carbocycles. The lowest BCUT2D eigenvalue weighted by Gasteiger charge is -2.25. The van der Waals surface area contributed by atoms with Crippen LogP contribution in [0.25, 0.3) is 0 Å². The van der Waals surface area contributed by atoms with Gasteiger partial charge in [-0.15, -0.1) is 0 Å². The van der Waals surface area contributed by atoms with E-state index in [1.807, 2.05) is 34.6 Å². The summed E-state index contributed by atoms with van der Waals surface area (Å²) in [6.45, 7) is 11.1. The van der Waals surface area contributed by atoms with Gasteiger partial charge < -0.3 is 28.9 Å². The minimum absolute atomic E-state index is 0.00701. The Balaban J connectivity index is 1.93. The summed E-state index contributed by atoms with van der Waals surface area (Å²) in [5, 5.41) is 10.3. The Labute approximate surface area is 167 Å². The Hall–Kier alpha value is -0.0900. The number of phosphoric ester groups is 1. The molecule has 2 saturated heterocycles. The molecule has 0 spiro atoms. The van der Waals surface area contributed by atoms with E-state index in [9.17, 15) is 14.6 Å². The Bertz CT molecular complexity index is 529. The van der Waals surface area contributed by atoms with Gasteiger partial charge >= 0.3 is 7.82 Å². The van der Waals surface area contributed by atoms with Crippen molar-refractivity contribution in [1.82, 2.24) is 0 Å². The smallest absolute Gasteiger partial charge is 0.388 e. The average molecular weight is 426 g/mol. The molecule has 0 aliphatic carbocycles. The van der Waals surface area contributed by atoms with Crippen LogP contribution >= 0.6 is 7.82 Å². The second kappa shape index (κ2) is 10.3. The topological polar surface area (TPSA) is 113 Å². The molecule has 10 heteroatoms. The second-order valence-corrected chi connectivity index (χ2v) is 9.44. The van der Waals surface area contributed by atoms with Crippen LogP contribution in [0.5, 0.6) is 0 Å². The highest BCUT2D eigenvalue weighted by Crippen LogP contribution is 2.48. The van der Waals surface area contributed by atoms with Gasteiger partial charge in [-0.1, -0.05) is 0 Å². The number of hydrogen-bond donors (Lipinski definition) is 2. The predicted octanol–water partition coefficient (Wildman–Crippen LogP) is 2.03. The summed E-state index contributed by atoms with van der Waals surface area (Å²) in [6, 6.07) is 0. The minimum Gasteiger partial charge on any atom is -0.388 e. The second-order valence-electron chi connectivity index (χ2n) is 8.03. The van der Waals surface area contributed by atoms with Crippen molar-refractivity contribution in [3.8, 4) is 0 Å². The van der Waals surface area contributed by atoms with Gasteiger partial charge in [-0.25, -0.2) is 4.57 Å². The molecule has 2 heterocycles. The zero-order valence-electron chi connectivity index (χ0n) is 17.5. The van der Waals surface area contributed by atoms with Crippen molar-refractivity contribution >= 4 is 7.82 Å². The van der Waals surface area contributed by atoms with E-state index < -0.39 is 38.3 Å². The molecule has 0 amide bonds. The molecule has 8 atom stereocenters. The van der Waals surface area contributed by atoms with Crippen LogP contribution in [0.4, 0.5) is 0 Å². The lowest BCUT2D eigenvalue weighted by Crippen LogP contribution is -2.37. The molecule has 2 aliphatic heterocycles. The van der Waals surface area contributed by atoms with E-state index in [-0.39, 0.29) is 37.6 Å². The van der Waals surface area contributed by atoms with Crippen molar-refractivity contribution in [1.29, 1.82) is 0 Å². The van der Waals surface area contributed by atoms with Crippen LogP contribution in [0.15, 0.2) is 0 Å². The third-order valence-electron chi connectivity index (χ3n) is 4.66. The lowest BCUT2D eigenvalue weighted by atomic mass is 10.1. The van der Waals surface area contributed by atoms with Gasteiger partial charge in [0.05, 0.1) is 43.7 Å². The van der Waals surface area contributed by atoms with Crippen LogP contribution < -0.4 is 0 Å². The van der Waals surface area contributed by atoms with Crippen LogP contribution in [0, 0.1) is 0 Å². The first-order chi connectivity index (χ1) is 13.0. The van der Waals surface area contributed by atoms with Gasteiger partial charge in [0.15, 0.2) is 0 Å². The number of ether oxygens (including phenoxy) is 4. The van der Waals surface area contributed by atoms with Crippen LogP contribution in [-0.4, -0.2) is 78.1 Å². The highest BCUT2D eigenvalue weighted by molar-refractivity contribution is 7.47. The summed E-state index contributed by atoms with van der Waals surface area (Å²) in [4.78, 5) is 10.2. The number of phosphoric acid groups is 1. The quantitative estimate of drug-likeness (QED) is 0.507. The number of aliphatic hydroxyl groups excluding tert-OH is 1. The first kappa shape index (κ1) is 24.2. The molecular formula is C18H35O9P. The summed E-state index contributed by atoms with van der Waals surface area (Å²) < 4.78 is 45.6. The van der Waals surface area contributed by atoms with Gasteiger partial charge in [0.2, 0.25) is 0 Å². The SMILES string of the molecule is CC(C)OC[C@H]1O[C@@H](C)[C@@H](O)C1OP(=O)(O)OC[C@H]1O[C@@H](C)CC1OC(C)C. The largest absolute Gasteiger partial charge is 0.472 e. The molecule has 2 rings (SSSR count). The first-order valence-electron chi connectivity index (χ1n) is 9.90. The standard InChI is InChI=1S/C18H35O9P/c1-10(2)22-8-16-18(17(19)13(6)26-16)27-28(20,21)23-9-15-14(24-11(3)4)7-12(5)25-15/h10-19H,7-9H2,1-6H3,(H,20,21)/t12-,13-,14?,15+,16+,17+,18?/m0/s1. The maximum atomic E-state index is 12.5. The van der Waals surface area contributed by atoms with Crippen molar-refractivity contribution in [2.45, 2.75) is 103 Å². The summed E-state index contributed by atoms with van der Waals surface area (Å²) >= 11 is 0. The number of hydrogen-bond acceptors (Lipinski definition) is 8. The highest BCUT2D eigenvalue weighted by atomic mass is 31.2. The van der Waals surface area contributed by atoms with Gasteiger partial charge in [-0.05, 0) is 41.5 Å². The predicted molar refractivity (Wildman–Crippen MR) is 101 cm³/mol. The molecule has 0 aromatic heterocycles. The highest BCUT2D eigenvalue weighted by Gasteiger charge is 2.47. The molecular weight excluding hydrogens is 391 g/mol. The molecule has 2 fully saturated rings. The maximum absolute atomic E-state index is 12.5. The minimum atomic E-state index is -4.45. The van der Waals surface area contributed by atoms with E-state index in [4.69, 9.17) is 28.0 Å². The summed E-state index contributed by atoms with van der Waals surface area (Å²) in [5.74, 6) is 0. The van der Waals surface area contributed by atoms with Gasteiger partial charge in [0.25, 0.3) is 0 Å². The summed E-state index contributed by atoms with van der Waals surface area (Å²) in [6.07, 6.45) is -3.39. The molecule has 2 aliphatic rings. The molecule has 28 heavy (non-hydrogen) atoms. The molecule has 0 saturated carbocycles. The zero-order chi connectivity index (χ0) is 21.1. The van der Waals surface area contributed by atoms with E-state index in [1.54, 1.807) is 6.92 Å². The molecule has 0 radical (unpaired) electrons. The fourth-order valence-corrected chi connectivity index (χ4v) is 4.35. The summed E-state index contributed by atoms with van der Waals surface area (Å²) in [5.41, 5.74) is 0. The molecule has 0 aromatic rings. The van der Waals surface area contributed by atoms with E-state index in [0.717, 1.165) is 0 Å². The molecule has 2 N–H and O–H groups in total. The fraction of sp³-hybridized carbons (Fsp3) is 1.00. The molecule has 9 nitrogen and oxygen atoms in total. The van der Waals surface area contributed by atoms with Crippen LogP contribution in [0.2, 0.25) is 0 Å². The van der Waals surface area contributed by atoms with Crippen molar-refractivity contribution in [3.05, 3.63) is 0 Å². The first-order valence-corrected chi connectivity index (χ1v) is 11.4. The van der Waals surface area contributed by atoms with Crippen LogP contribution in [0.3, 0.4) is 0 Å². The molecule has 3 unspecified atom stereocenters. The van der Waals surface area contributed by atoms with Crippen molar-refractivity contribution in [2.24, 2.45) is 0 Å². The monoisotopic (exact) mass is 426 g/mol. The molecule has 166 valence electrons. The van der Waals surface area contributed by atoms with Gasteiger partial charge in [0, 0.05) is 6.42 Å². The number of rotatable bonds is 10. The Morgan fingerprint density at radius 1 is 1.07 bits per heavy atom. The number of aliphatic hydroxyl groups is 1. The van der Waals surface area contributed by atoms with Crippen molar-refractivity contribution < 1.29 is 42.6 Å². The normalized spacial score (nSPS) is 38.4. The van der Waals surface area contributed by atoms with Gasteiger partial charge in [-0.3, -0.25) is 9.05 Å². The average Bonchev–Trinajstić information content (AvgIpc) is 3.04. The maximum Gasteiger partial charge on any atom is 0.472 e. The fourth-order valence-electron chi connectivity index (χ4n) is 3.38. The van der Waals surface area contributed by atoms with Gasteiger partial charge in [0.1, 0.15) is 24.4 Å². The lowest BCUT2D eigenvalue weighted by molar-refractivity contribution is -0.0712. The summed E-state index contributed by atoms with van der Waals surface area (Å²) in [7, 11) is -4.45. The van der Waals surface area contributed by atoms with Crippen molar-refractivity contribution in [2.75, 3.05) is 13.2 Å². The molecule has 0 bridgehead atoms. The Morgan fingerprint density at radius 3 is 2.36 bits per heavy atom. The van der Waals surface area contributed by atoms with E-state index in [0.29, 0.717) is 6.42 Å². The van der Waals surface area contributed by atoms with Gasteiger partial charge in [-0.2, -0.15) is 0 Å². The van der Waals surface area contributed by atoms with E-state index in [2.05, 4.69) is 0 Å². The van der Waals surface area contributed by atoms with E-state index >= 15 is 0 Å². The third-order valence-corrected chi connectivity index (χ3v) is 5.64. The van der Waals surface area contributed by atoms with Crippen molar-refractivity contribution in [3.63, 3.8) is 0 Å². The Morgan fingerprint density at radius 2 is 1.75 bits per heavy atom.